The van der Waals surface area contributed by atoms with Crippen LogP contribution in [0.25, 0.3) is 21.8 Å². The maximum Gasteiger partial charge on any atom is 0.280 e. The molecule has 20 nitrogen and oxygen atoms in total. The number of aliphatic hydroxyl groups is 2. The number of amides is 2. The van der Waals surface area contributed by atoms with Crippen molar-refractivity contribution in [1.29, 1.82) is 0 Å². The number of carbonyl (C=O) groups excluding carboxylic acids is 4. The average Bonchev–Trinajstić information content (AvgIpc) is 0.797. The highest BCUT2D eigenvalue weighted by Gasteiger charge is 2.29. The molecule has 2 unspecified atom stereocenters. The van der Waals surface area contributed by atoms with Crippen molar-refractivity contribution in [2.24, 2.45) is 0 Å². The largest absolute Gasteiger partial charge is 0.457 e. The first kappa shape index (κ1) is 85.0. The third-order valence-corrected chi connectivity index (χ3v) is 19.0. The Morgan fingerprint density at radius 3 is 0.967 bits per heavy atom. The zero-order chi connectivity index (χ0) is 86.7. The van der Waals surface area contributed by atoms with Gasteiger partial charge in [0.1, 0.15) is 128 Å². The number of fused-ring (bicyclic) bond motifs is 4. The van der Waals surface area contributed by atoms with Crippen molar-refractivity contribution < 1.29 is 101 Å². The summed E-state index contributed by atoms with van der Waals surface area (Å²) in [5.41, 5.74) is 2.07. The summed E-state index contributed by atoms with van der Waals surface area (Å²) in [6.07, 6.45) is 2.41. The molecule has 4 N–H and O–H groups in total. The van der Waals surface area contributed by atoms with Crippen LogP contribution >= 0.6 is 0 Å². The minimum absolute atomic E-state index is 0.0314. The third-order valence-electron chi connectivity index (χ3n) is 19.0. The summed E-state index contributed by atoms with van der Waals surface area (Å²) in [6.45, 7) is 2.39. The van der Waals surface area contributed by atoms with Crippen LogP contribution in [0.2, 0.25) is 0 Å². The molecule has 2 aliphatic heterocycles. The van der Waals surface area contributed by atoms with Gasteiger partial charge >= 0.3 is 0 Å². The van der Waals surface area contributed by atoms with Crippen LogP contribution in [0.1, 0.15) is 101 Å². The minimum atomic E-state index is -1.03. The fourth-order valence-electron chi connectivity index (χ4n) is 12.9. The van der Waals surface area contributed by atoms with Crippen molar-refractivity contribution in [1.82, 2.24) is 29.7 Å². The lowest BCUT2D eigenvalue weighted by molar-refractivity contribution is 0.0939. The zero-order valence-electron chi connectivity index (χ0n) is 63.7. The third kappa shape index (κ3) is 20.3. The molecule has 14 aromatic rings. The summed E-state index contributed by atoms with van der Waals surface area (Å²) in [5, 5.41) is 25.1. The van der Waals surface area contributed by atoms with Gasteiger partial charge < -0.3 is 58.7 Å². The van der Waals surface area contributed by atoms with E-state index in [9.17, 15) is 91.7 Å². The van der Waals surface area contributed by atoms with Crippen molar-refractivity contribution in [3.63, 3.8) is 0 Å². The van der Waals surface area contributed by atoms with Crippen LogP contribution in [-0.2, 0) is 26.2 Å². The van der Waals surface area contributed by atoms with E-state index in [4.69, 9.17) is 18.9 Å². The number of nitrogens with zero attached hydrogens (tertiary/aromatic N) is 6. The molecule has 32 heteroatoms. The number of aldehydes is 2. The molecule has 0 aliphatic carbocycles. The van der Waals surface area contributed by atoms with Gasteiger partial charge in [-0.25, -0.2) is 52.7 Å². The van der Waals surface area contributed by atoms with Gasteiger partial charge in [0, 0.05) is 81.9 Å². The number of halogens is 12. The Hall–Kier alpha value is -14.9. The Morgan fingerprint density at radius 2 is 0.648 bits per heavy atom. The molecule has 4 heterocycles. The monoisotopic (exact) mass is 1680 g/mol. The molecule has 0 spiro atoms. The number of ether oxygens (including phenoxy) is 4. The standard InChI is InChI=1S/C23H19F3N2O3.C23H17F3N2O3.C22H15F3N2O3.C22H13F3N2O3/c2*1-13(29)14-3-2-4-16(7-14)31-17-5-6-22-18(10-17)23(30)27-12-28(22)11-19-20(25)8-15(24)9-21(19)26;2*23-14-7-19(24)18(20(25)8-14)10-27-12-26-22(29)17-9-16(4-5-21(17)27)30-15-3-1-2-13(6-15)11-28/h2-10,13,29H,11-12H2,1H3,(H,27,30);2-10,12-13,29H,11H2,1H3;1-9,11H,10,12H2,(H,26,29);1-9,11-12H,10H2. The number of aromatic nitrogens is 4. The Kier molecular flexibility index (Phi) is 26.0. The summed E-state index contributed by atoms with van der Waals surface area (Å²) in [4.78, 5) is 81.7. The number of carbonyl (C=O) groups is 4. The smallest absolute Gasteiger partial charge is 0.280 e. The van der Waals surface area contributed by atoms with Gasteiger partial charge in [-0.1, -0.05) is 48.5 Å². The molecule has 0 fully saturated rings. The maximum absolute atomic E-state index is 14.1. The maximum atomic E-state index is 14.1. The molecule has 2 aromatic heterocycles. The molecule has 0 bridgehead atoms. The van der Waals surface area contributed by atoms with Gasteiger partial charge in [0.25, 0.3) is 22.9 Å². The van der Waals surface area contributed by atoms with Crippen LogP contribution in [0.4, 0.5) is 64.1 Å². The molecule has 2 atom stereocenters. The van der Waals surface area contributed by atoms with Crippen molar-refractivity contribution in [3.05, 3.63) is 377 Å². The molecule has 0 saturated heterocycles. The van der Waals surface area contributed by atoms with Crippen molar-refractivity contribution >= 4 is 57.6 Å². The molecule has 12 aromatic carbocycles. The summed E-state index contributed by atoms with van der Waals surface area (Å²) in [5.74, 6) is -9.64. The summed E-state index contributed by atoms with van der Waals surface area (Å²) >= 11 is 0. The normalized spacial score (nSPS) is 12.5. The zero-order valence-corrected chi connectivity index (χ0v) is 63.7. The van der Waals surface area contributed by atoms with E-state index in [1.807, 2.05) is 0 Å². The fourth-order valence-corrected chi connectivity index (χ4v) is 12.9. The summed E-state index contributed by atoms with van der Waals surface area (Å²) in [6, 6.07) is 50.4. The molecule has 0 saturated carbocycles. The Labute approximate surface area is 683 Å². The molecule has 0 radical (unpaired) electrons. The van der Waals surface area contributed by atoms with Crippen LogP contribution < -0.4 is 50.5 Å². The first-order valence-electron chi connectivity index (χ1n) is 36.8. The predicted molar refractivity (Wildman–Crippen MR) is 423 cm³/mol. The summed E-state index contributed by atoms with van der Waals surface area (Å²) in [7, 11) is 0. The number of nitrogens with one attached hydrogen (secondary N) is 2. The number of hydrogen-bond acceptors (Lipinski definition) is 16. The molecule has 2 amide bonds. The Morgan fingerprint density at radius 1 is 0.361 bits per heavy atom. The fraction of sp³-hybridized carbons (Fsp3) is 0.111. The van der Waals surface area contributed by atoms with E-state index in [0.29, 0.717) is 152 Å². The van der Waals surface area contributed by atoms with Crippen molar-refractivity contribution in [2.45, 2.75) is 52.2 Å². The van der Waals surface area contributed by atoms with E-state index in [-0.39, 0.29) is 95.5 Å². The van der Waals surface area contributed by atoms with E-state index in [0.717, 1.165) is 0 Å². The van der Waals surface area contributed by atoms with E-state index in [1.165, 1.54) is 46.1 Å². The Bertz CT molecular complexity index is 6420. The van der Waals surface area contributed by atoms with Gasteiger partial charge in [-0.05, 0) is 146 Å². The lowest BCUT2D eigenvalue weighted by atomic mass is 10.1. The molecule has 122 heavy (non-hydrogen) atoms. The Balaban J connectivity index is 0.000000140. The van der Waals surface area contributed by atoms with Gasteiger partial charge in [0.15, 0.2) is 0 Å². The van der Waals surface area contributed by atoms with Crippen LogP contribution in [0.3, 0.4) is 0 Å². The van der Waals surface area contributed by atoms with E-state index >= 15 is 0 Å². The average molecular weight is 1680 g/mol. The minimum Gasteiger partial charge on any atom is -0.457 e. The molecular weight excluding hydrogens is 1610 g/mol. The van der Waals surface area contributed by atoms with E-state index in [2.05, 4.69) is 20.6 Å². The number of aliphatic hydroxyl groups excluding tert-OH is 2. The quantitative estimate of drug-likeness (QED) is 0.0409. The van der Waals surface area contributed by atoms with Crippen LogP contribution in [0.5, 0.6) is 46.0 Å². The lowest BCUT2D eigenvalue weighted by Crippen LogP contribution is -2.43. The highest BCUT2D eigenvalue weighted by Crippen LogP contribution is 2.37. The van der Waals surface area contributed by atoms with Gasteiger partial charge in [0.05, 0.1) is 109 Å². The number of hydrogen-bond donors (Lipinski definition) is 4. The van der Waals surface area contributed by atoms with E-state index in [1.54, 1.807) is 169 Å². The highest BCUT2D eigenvalue weighted by molar-refractivity contribution is 6.03. The molecule has 16 rings (SSSR count). The SMILES string of the molecule is CC(O)c1cccc(Oc2ccc3c(c2)C(=O)NCN3Cc2c(F)cc(F)cc2F)c1.CC(O)c1cccc(Oc2ccc3c(c2)c(=O)ncn3Cc2c(F)cc(F)cc2F)c1.O=Cc1cccc(Oc2ccc3c(c2)C(=O)NCN3Cc2c(F)cc(F)cc2F)c1.O=Cc1cccc(Oc2ccc3c(c2)c(=O)ncn3Cc2c(F)cc(F)cc2F)c1. The van der Waals surface area contributed by atoms with Crippen molar-refractivity contribution in [3.8, 4) is 46.0 Å². The molecule has 2 aliphatic rings. The second-order valence-corrected chi connectivity index (χ2v) is 27.5. The van der Waals surface area contributed by atoms with Gasteiger partial charge in [0.2, 0.25) is 0 Å². The van der Waals surface area contributed by atoms with Gasteiger partial charge in [-0.3, -0.25) is 28.8 Å². The molecular formula is C90H64F12N8O12. The van der Waals surface area contributed by atoms with Gasteiger partial charge in [-0.2, -0.15) is 9.97 Å². The topological polar surface area (TPSA) is 246 Å². The van der Waals surface area contributed by atoms with Crippen LogP contribution in [-0.4, -0.2) is 67.0 Å². The lowest BCUT2D eigenvalue weighted by Gasteiger charge is -2.31. The number of benzene rings is 12. The second kappa shape index (κ2) is 37.4. The number of rotatable bonds is 20. The predicted octanol–water partition coefficient (Wildman–Crippen LogP) is 18.2. The summed E-state index contributed by atoms with van der Waals surface area (Å²) < 4.78 is 191. The van der Waals surface area contributed by atoms with Crippen LogP contribution in [0, 0.1) is 69.8 Å². The number of anilines is 2. The first-order valence-corrected chi connectivity index (χ1v) is 36.8. The first-order chi connectivity index (χ1) is 58.5. The second-order valence-electron chi connectivity index (χ2n) is 27.5. The van der Waals surface area contributed by atoms with Crippen LogP contribution in [0.15, 0.2) is 241 Å². The van der Waals surface area contributed by atoms with Crippen molar-refractivity contribution in [2.75, 3.05) is 23.1 Å². The highest BCUT2D eigenvalue weighted by atomic mass is 19.2. The van der Waals surface area contributed by atoms with Gasteiger partial charge in [-0.15, -0.1) is 0 Å². The molecule has 620 valence electrons. The van der Waals surface area contributed by atoms with E-state index < -0.39 is 93.1 Å².